The summed E-state index contributed by atoms with van der Waals surface area (Å²) in [6.07, 6.45) is 7.89. The minimum absolute atomic E-state index is 0.0849. The van der Waals surface area contributed by atoms with Crippen molar-refractivity contribution in [1.29, 1.82) is 5.26 Å². The topological polar surface area (TPSA) is 40.9 Å². The first-order chi connectivity index (χ1) is 9.70. The highest BCUT2D eigenvalue weighted by Gasteiger charge is 2.24. The van der Waals surface area contributed by atoms with Crippen molar-refractivity contribution in [1.82, 2.24) is 0 Å². The summed E-state index contributed by atoms with van der Waals surface area (Å²) in [5, 5.41) is 9.32. The molecule has 0 spiro atoms. The summed E-state index contributed by atoms with van der Waals surface area (Å²) in [7, 11) is 0. The quantitative estimate of drug-likeness (QED) is 0.728. The predicted octanol–water partition coefficient (Wildman–Crippen LogP) is 4.99. The summed E-state index contributed by atoms with van der Waals surface area (Å²) in [5.41, 5.74) is 0.814. The first-order valence-corrected chi connectivity index (χ1v) is 8.18. The average Bonchev–Trinajstić information content (AvgIpc) is 2.70. The summed E-state index contributed by atoms with van der Waals surface area (Å²) in [6, 6.07) is 9.68. The molecule has 1 fully saturated rings. The second-order valence-electron chi connectivity index (χ2n) is 5.64. The fourth-order valence-electron chi connectivity index (χ4n) is 2.96. The van der Waals surface area contributed by atoms with Crippen LogP contribution in [0, 0.1) is 17.2 Å². The van der Waals surface area contributed by atoms with Crippen LogP contribution in [0.25, 0.3) is 0 Å². The highest BCUT2D eigenvalue weighted by Crippen LogP contribution is 2.29. The summed E-state index contributed by atoms with van der Waals surface area (Å²) in [6.45, 7) is 0. The number of nitriles is 1. The highest BCUT2D eigenvalue weighted by molar-refractivity contribution is 9.10. The number of carbonyl (C=O) groups excluding carboxylic acids is 1. The van der Waals surface area contributed by atoms with E-state index in [1.807, 2.05) is 24.3 Å². The SMILES string of the molecule is N#CC(C(=O)CC1CCCCCC1)c1ccc(Br)cc1. The molecule has 1 unspecified atom stereocenters. The van der Waals surface area contributed by atoms with E-state index in [2.05, 4.69) is 22.0 Å². The van der Waals surface area contributed by atoms with Crippen molar-refractivity contribution in [3.8, 4) is 6.07 Å². The molecule has 2 rings (SSSR count). The van der Waals surface area contributed by atoms with Gasteiger partial charge in [-0.2, -0.15) is 5.26 Å². The van der Waals surface area contributed by atoms with Crippen LogP contribution in [0.1, 0.15) is 56.4 Å². The van der Waals surface area contributed by atoms with E-state index in [1.165, 1.54) is 25.7 Å². The van der Waals surface area contributed by atoms with Gasteiger partial charge < -0.3 is 0 Å². The number of benzene rings is 1. The first kappa shape index (κ1) is 15.3. The first-order valence-electron chi connectivity index (χ1n) is 7.38. The number of Topliss-reactive ketones (excluding diaryl/α,β-unsaturated/α-hetero) is 1. The van der Waals surface area contributed by atoms with Crippen LogP contribution in [0.5, 0.6) is 0 Å². The largest absolute Gasteiger partial charge is 0.298 e. The lowest BCUT2D eigenvalue weighted by atomic mass is 9.87. The Hall–Kier alpha value is -1.14. The Morgan fingerprint density at radius 2 is 1.80 bits per heavy atom. The Bertz CT molecular complexity index is 481. The molecule has 0 aliphatic heterocycles. The zero-order valence-corrected chi connectivity index (χ0v) is 13.2. The van der Waals surface area contributed by atoms with Gasteiger partial charge in [-0.25, -0.2) is 0 Å². The molecule has 2 nitrogen and oxygen atoms in total. The molecule has 0 aromatic heterocycles. The second-order valence-corrected chi connectivity index (χ2v) is 6.56. The maximum Gasteiger partial charge on any atom is 0.154 e. The van der Waals surface area contributed by atoms with E-state index in [0.717, 1.165) is 22.9 Å². The van der Waals surface area contributed by atoms with Crippen LogP contribution in [-0.2, 0) is 4.79 Å². The van der Waals surface area contributed by atoms with E-state index >= 15 is 0 Å². The van der Waals surface area contributed by atoms with Gasteiger partial charge in [0.2, 0.25) is 0 Å². The smallest absolute Gasteiger partial charge is 0.154 e. The lowest BCUT2D eigenvalue weighted by Crippen LogP contribution is -2.15. The summed E-state index contributed by atoms with van der Waals surface area (Å²) in [5.74, 6) is -0.0376. The lowest BCUT2D eigenvalue weighted by Gasteiger charge is -2.15. The fourth-order valence-corrected chi connectivity index (χ4v) is 3.22. The minimum Gasteiger partial charge on any atom is -0.298 e. The molecule has 20 heavy (non-hydrogen) atoms. The van der Waals surface area contributed by atoms with Gasteiger partial charge in [-0.1, -0.05) is 66.6 Å². The maximum absolute atomic E-state index is 12.4. The van der Waals surface area contributed by atoms with Gasteiger partial charge in [0, 0.05) is 10.9 Å². The number of carbonyl (C=O) groups is 1. The van der Waals surface area contributed by atoms with Crippen LogP contribution in [0.2, 0.25) is 0 Å². The van der Waals surface area contributed by atoms with Crippen LogP contribution in [0.4, 0.5) is 0 Å². The van der Waals surface area contributed by atoms with Gasteiger partial charge in [-0.3, -0.25) is 4.79 Å². The molecular weight excluding hydrogens is 314 g/mol. The van der Waals surface area contributed by atoms with Crippen LogP contribution >= 0.6 is 15.9 Å². The molecular formula is C17H20BrNO. The zero-order chi connectivity index (χ0) is 14.4. The van der Waals surface area contributed by atoms with Crippen molar-refractivity contribution in [2.75, 3.05) is 0 Å². The monoisotopic (exact) mass is 333 g/mol. The lowest BCUT2D eigenvalue weighted by molar-refractivity contribution is -0.120. The van der Waals surface area contributed by atoms with Crippen LogP contribution in [-0.4, -0.2) is 5.78 Å². The third-order valence-corrected chi connectivity index (χ3v) is 4.65. The van der Waals surface area contributed by atoms with E-state index in [9.17, 15) is 10.1 Å². The van der Waals surface area contributed by atoms with Gasteiger partial charge in [-0.15, -0.1) is 0 Å². The second kappa shape index (κ2) is 7.59. The summed E-state index contributed by atoms with van der Waals surface area (Å²) < 4.78 is 0.967. The van der Waals surface area contributed by atoms with Crippen molar-refractivity contribution < 1.29 is 4.79 Å². The standard InChI is InChI=1S/C17H20BrNO/c18-15-9-7-14(8-10-15)16(12-19)17(20)11-13-5-3-1-2-4-6-13/h7-10,13,16H,1-6,11H2. The molecule has 0 heterocycles. The molecule has 0 amide bonds. The molecule has 0 saturated heterocycles. The van der Waals surface area contributed by atoms with Gasteiger partial charge in [0.15, 0.2) is 5.78 Å². The normalized spacial score (nSPS) is 18.0. The van der Waals surface area contributed by atoms with E-state index in [4.69, 9.17) is 0 Å². The Balaban J connectivity index is 2.01. The molecule has 0 N–H and O–H groups in total. The van der Waals surface area contributed by atoms with Crippen molar-refractivity contribution >= 4 is 21.7 Å². The van der Waals surface area contributed by atoms with E-state index in [1.54, 1.807) is 0 Å². The Morgan fingerprint density at radius 1 is 1.20 bits per heavy atom. The molecule has 1 saturated carbocycles. The van der Waals surface area contributed by atoms with E-state index < -0.39 is 5.92 Å². The summed E-state index contributed by atoms with van der Waals surface area (Å²) >= 11 is 3.37. The van der Waals surface area contributed by atoms with Crippen molar-refractivity contribution in [3.05, 3.63) is 34.3 Å². The maximum atomic E-state index is 12.4. The van der Waals surface area contributed by atoms with Crippen LogP contribution in [0.15, 0.2) is 28.7 Å². The number of halogens is 1. The Kier molecular flexibility index (Phi) is 5.79. The van der Waals surface area contributed by atoms with Crippen molar-refractivity contribution in [2.45, 2.75) is 50.9 Å². The zero-order valence-electron chi connectivity index (χ0n) is 11.6. The van der Waals surface area contributed by atoms with Gasteiger partial charge in [0.05, 0.1) is 6.07 Å². The molecule has 1 aliphatic rings. The van der Waals surface area contributed by atoms with E-state index in [-0.39, 0.29) is 5.78 Å². The molecule has 3 heteroatoms. The molecule has 1 aromatic carbocycles. The Morgan fingerprint density at radius 3 is 2.35 bits per heavy atom. The van der Waals surface area contributed by atoms with Crippen molar-refractivity contribution in [2.24, 2.45) is 5.92 Å². The average molecular weight is 334 g/mol. The fraction of sp³-hybridized carbons (Fsp3) is 0.529. The molecule has 0 radical (unpaired) electrons. The van der Waals surface area contributed by atoms with Gasteiger partial charge >= 0.3 is 0 Å². The number of rotatable bonds is 4. The van der Waals surface area contributed by atoms with Crippen LogP contribution < -0.4 is 0 Å². The number of nitrogens with zero attached hydrogens (tertiary/aromatic N) is 1. The van der Waals surface area contributed by atoms with Crippen molar-refractivity contribution in [3.63, 3.8) is 0 Å². The Labute approximate surface area is 129 Å². The number of hydrogen-bond donors (Lipinski definition) is 0. The van der Waals surface area contributed by atoms with Gasteiger partial charge in [0.1, 0.15) is 5.92 Å². The number of ketones is 1. The van der Waals surface area contributed by atoms with Crippen LogP contribution in [0.3, 0.4) is 0 Å². The molecule has 1 aliphatic carbocycles. The predicted molar refractivity (Wildman–Crippen MR) is 83.3 cm³/mol. The van der Waals surface area contributed by atoms with Gasteiger partial charge in [0.25, 0.3) is 0 Å². The third-order valence-electron chi connectivity index (χ3n) is 4.12. The highest BCUT2D eigenvalue weighted by atomic mass is 79.9. The molecule has 106 valence electrons. The third kappa shape index (κ3) is 4.18. The van der Waals surface area contributed by atoms with E-state index in [0.29, 0.717) is 12.3 Å². The molecule has 0 bridgehead atoms. The summed E-state index contributed by atoms with van der Waals surface area (Å²) in [4.78, 5) is 12.4. The number of hydrogen-bond acceptors (Lipinski definition) is 2. The van der Waals surface area contributed by atoms with Gasteiger partial charge in [-0.05, 0) is 23.6 Å². The molecule has 1 atom stereocenters. The minimum atomic E-state index is -0.605. The molecule has 1 aromatic rings.